The molecule has 106 valence electrons. The molecule has 1 rings (SSSR count). The van der Waals surface area contributed by atoms with Gasteiger partial charge >= 0.3 is 0 Å². The van der Waals surface area contributed by atoms with Crippen LogP contribution in [0.1, 0.15) is 26.7 Å². The Kier molecular flexibility index (Phi) is 5.92. The number of carbonyl (C=O) groups excluding carboxylic acids is 1. The van der Waals surface area contributed by atoms with Crippen molar-refractivity contribution in [3.8, 4) is 0 Å². The number of halogens is 1. The summed E-state index contributed by atoms with van der Waals surface area (Å²) in [6.07, 6.45) is 1.57. The van der Waals surface area contributed by atoms with E-state index in [0.29, 0.717) is 18.7 Å². The van der Waals surface area contributed by atoms with Gasteiger partial charge in [-0.2, -0.15) is 0 Å². The van der Waals surface area contributed by atoms with Crippen molar-refractivity contribution in [1.82, 2.24) is 5.32 Å². The van der Waals surface area contributed by atoms with Gasteiger partial charge in [0.2, 0.25) is 5.91 Å². The molecular formula is C14H21FN2O2. The van der Waals surface area contributed by atoms with E-state index in [1.54, 1.807) is 6.92 Å². The van der Waals surface area contributed by atoms with E-state index >= 15 is 0 Å². The first-order valence-corrected chi connectivity index (χ1v) is 6.41. The van der Waals surface area contributed by atoms with Crippen LogP contribution in [0, 0.1) is 5.82 Å². The number of aliphatic hydroxyl groups is 1. The van der Waals surface area contributed by atoms with Crippen LogP contribution in [0.25, 0.3) is 0 Å². The lowest BCUT2D eigenvalue weighted by atomic mass is 10.0. The molecule has 0 fully saturated rings. The molecular weight excluding hydrogens is 247 g/mol. The summed E-state index contributed by atoms with van der Waals surface area (Å²) in [6, 6.07) is 5.57. The molecule has 0 aliphatic rings. The zero-order chi connectivity index (χ0) is 14.3. The Balaban J connectivity index is 2.30. The maximum Gasteiger partial charge on any atom is 0.238 e. The molecule has 0 heterocycles. The highest BCUT2D eigenvalue weighted by Gasteiger charge is 2.18. The number of benzene rings is 1. The van der Waals surface area contributed by atoms with Crippen molar-refractivity contribution in [2.75, 3.05) is 18.4 Å². The van der Waals surface area contributed by atoms with E-state index in [-0.39, 0.29) is 18.3 Å². The van der Waals surface area contributed by atoms with E-state index in [0.717, 1.165) is 6.42 Å². The zero-order valence-corrected chi connectivity index (χ0v) is 11.4. The summed E-state index contributed by atoms with van der Waals surface area (Å²) in [7, 11) is 0. The van der Waals surface area contributed by atoms with Gasteiger partial charge in [0, 0.05) is 12.2 Å². The normalized spacial score (nSPS) is 13.9. The Labute approximate surface area is 113 Å². The minimum Gasteiger partial charge on any atom is -0.389 e. The number of amides is 1. The molecule has 0 aliphatic heterocycles. The van der Waals surface area contributed by atoms with Gasteiger partial charge in [-0.1, -0.05) is 13.3 Å². The smallest absolute Gasteiger partial charge is 0.238 e. The Morgan fingerprint density at radius 1 is 1.37 bits per heavy atom. The average Bonchev–Trinajstić information content (AvgIpc) is 2.31. The molecule has 19 heavy (non-hydrogen) atoms. The predicted octanol–water partition coefficient (Wildman–Crippen LogP) is 1.90. The molecule has 5 heteroatoms. The molecule has 1 aromatic rings. The van der Waals surface area contributed by atoms with Crippen LogP contribution >= 0.6 is 0 Å². The van der Waals surface area contributed by atoms with Crippen LogP contribution in [0.2, 0.25) is 0 Å². The molecule has 0 spiro atoms. The highest BCUT2D eigenvalue weighted by atomic mass is 19.1. The van der Waals surface area contributed by atoms with Crippen LogP contribution in [0.15, 0.2) is 24.3 Å². The van der Waals surface area contributed by atoms with Crippen molar-refractivity contribution in [2.24, 2.45) is 0 Å². The van der Waals surface area contributed by atoms with Gasteiger partial charge in [-0.25, -0.2) is 4.39 Å². The highest BCUT2D eigenvalue weighted by Crippen LogP contribution is 2.10. The summed E-state index contributed by atoms with van der Waals surface area (Å²) in [5, 5.41) is 15.5. The van der Waals surface area contributed by atoms with Gasteiger partial charge in [0.15, 0.2) is 0 Å². The molecule has 0 aliphatic carbocycles. The third-order valence-electron chi connectivity index (χ3n) is 2.71. The second-order valence-corrected chi connectivity index (χ2v) is 4.91. The summed E-state index contributed by atoms with van der Waals surface area (Å²) in [5.41, 5.74) is -0.251. The maximum atomic E-state index is 12.7. The van der Waals surface area contributed by atoms with Gasteiger partial charge in [-0.05, 0) is 37.6 Å². The number of carbonyl (C=O) groups is 1. The summed E-state index contributed by atoms with van der Waals surface area (Å²) >= 11 is 0. The van der Waals surface area contributed by atoms with E-state index in [2.05, 4.69) is 10.6 Å². The van der Waals surface area contributed by atoms with E-state index in [1.165, 1.54) is 24.3 Å². The zero-order valence-electron chi connectivity index (χ0n) is 11.4. The molecule has 3 N–H and O–H groups in total. The fraction of sp³-hybridized carbons (Fsp3) is 0.500. The van der Waals surface area contributed by atoms with E-state index in [4.69, 9.17) is 0 Å². The average molecular weight is 268 g/mol. The van der Waals surface area contributed by atoms with Crippen molar-refractivity contribution in [1.29, 1.82) is 0 Å². The standard InChI is InChI=1S/C14H21FN2O2/c1-3-8-14(2,19)10-16-9-13(18)17-12-6-4-11(15)5-7-12/h4-7,16,19H,3,8-10H2,1-2H3,(H,17,18). The minimum absolute atomic E-state index is 0.108. The van der Waals surface area contributed by atoms with Crippen LogP contribution in [0.4, 0.5) is 10.1 Å². The van der Waals surface area contributed by atoms with E-state index in [1.807, 2.05) is 6.92 Å². The molecule has 0 bridgehead atoms. The highest BCUT2D eigenvalue weighted by molar-refractivity contribution is 5.92. The number of hydrogen-bond acceptors (Lipinski definition) is 3. The fourth-order valence-electron chi connectivity index (χ4n) is 1.81. The Bertz CT molecular complexity index is 404. The first kappa shape index (κ1) is 15.6. The monoisotopic (exact) mass is 268 g/mol. The maximum absolute atomic E-state index is 12.7. The van der Waals surface area contributed by atoms with Crippen LogP contribution in [-0.2, 0) is 4.79 Å². The largest absolute Gasteiger partial charge is 0.389 e. The lowest BCUT2D eigenvalue weighted by Crippen LogP contribution is -2.40. The topological polar surface area (TPSA) is 61.4 Å². The Hall–Kier alpha value is -1.46. The van der Waals surface area contributed by atoms with E-state index in [9.17, 15) is 14.3 Å². The predicted molar refractivity (Wildman–Crippen MR) is 73.4 cm³/mol. The molecule has 1 aromatic carbocycles. The minimum atomic E-state index is -0.801. The summed E-state index contributed by atoms with van der Waals surface area (Å²) in [5.74, 6) is -0.564. The fourth-order valence-corrected chi connectivity index (χ4v) is 1.81. The van der Waals surface area contributed by atoms with Gasteiger partial charge in [0.1, 0.15) is 5.82 Å². The van der Waals surface area contributed by atoms with Gasteiger partial charge in [0.25, 0.3) is 0 Å². The lowest BCUT2D eigenvalue weighted by molar-refractivity contribution is -0.115. The van der Waals surface area contributed by atoms with Gasteiger partial charge in [-0.15, -0.1) is 0 Å². The molecule has 0 radical (unpaired) electrons. The van der Waals surface area contributed by atoms with Crippen LogP contribution < -0.4 is 10.6 Å². The van der Waals surface area contributed by atoms with Gasteiger partial charge in [-0.3, -0.25) is 4.79 Å². The van der Waals surface area contributed by atoms with Crippen molar-refractivity contribution in [3.05, 3.63) is 30.1 Å². The molecule has 0 aromatic heterocycles. The summed E-state index contributed by atoms with van der Waals surface area (Å²) in [4.78, 5) is 11.6. The van der Waals surface area contributed by atoms with E-state index < -0.39 is 5.60 Å². The lowest BCUT2D eigenvalue weighted by Gasteiger charge is -2.22. The van der Waals surface area contributed by atoms with Gasteiger partial charge < -0.3 is 15.7 Å². The van der Waals surface area contributed by atoms with Crippen molar-refractivity contribution in [3.63, 3.8) is 0 Å². The Morgan fingerprint density at radius 3 is 2.58 bits per heavy atom. The SMILES string of the molecule is CCCC(C)(O)CNCC(=O)Nc1ccc(F)cc1. The molecule has 1 unspecified atom stereocenters. The van der Waals surface area contributed by atoms with Crippen LogP contribution in [0.5, 0.6) is 0 Å². The Morgan fingerprint density at radius 2 is 2.00 bits per heavy atom. The first-order valence-electron chi connectivity index (χ1n) is 6.41. The molecule has 1 amide bonds. The quantitative estimate of drug-likeness (QED) is 0.708. The number of anilines is 1. The van der Waals surface area contributed by atoms with Crippen LogP contribution in [-0.4, -0.2) is 29.7 Å². The van der Waals surface area contributed by atoms with Crippen LogP contribution in [0.3, 0.4) is 0 Å². The van der Waals surface area contributed by atoms with Crippen molar-refractivity contribution < 1.29 is 14.3 Å². The number of nitrogens with one attached hydrogen (secondary N) is 2. The first-order chi connectivity index (χ1) is 8.93. The summed E-state index contributed by atoms with van der Waals surface area (Å²) < 4.78 is 12.7. The van der Waals surface area contributed by atoms with Gasteiger partial charge in [0.05, 0.1) is 12.1 Å². The second kappa shape index (κ2) is 7.21. The number of hydrogen-bond donors (Lipinski definition) is 3. The van der Waals surface area contributed by atoms with Crippen molar-refractivity contribution >= 4 is 11.6 Å². The van der Waals surface area contributed by atoms with Crippen molar-refractivity contribution in [2.45, 2.75) is 32.3 Å². The number of rotatable bonds is 7. The summed E-state index contributed by atoms with van der Waals surface area (Å²) in [6.45, 7) is 4.20. The third kappa shape index (κ3) is 6.31. The molecule has 0 saturated heterocycles. The second-order valence-electron chi connectivity index (χ2n) is 4.91. The molecule has 4 nitrogen and oxygen atoms in total. The third-order valence-corrected chi connectivity index (χ3v) is 2.71. The molecule has 1 atom stereocenters. The molecule has 0 saturated carbocycles.